The van der Waals surface area contributed by atoms with Gasteiger partial charge in [0.15, 0.2) is 23.0 Å². The van der Waals surface area contributed by atoms with E-state index in [9.17, 15) is 5.11 Å². The zero-order valence-corrected chi connectivity index (χ0v) is 14.2. The molecule has 0 amide bonds. The highest BCUT2D eigenvalue weighted by molar-refractivity contribution is 5.54. The topological polar surface area (TPSA) is 47.9 Å². The van der Waals surface area contributed by atoms with Crippen LogP contribution in [0.5, 0.6) is 23.0 Å². The predicted molar refractivity (Wildman–Crippen MR) is 91.1 cm³/mol. The predicted octanol–water partition coefficient (Wildman–Crippen LogP) is 4.09. The van der Waals surface area contributed by atoms with Gasteiger partial charge in [-0.05, 0) is 59.2 Å². The van der Waals surface area contributed by atoms with Crippen molar-refractivity contribution in [3.63, 3.8) is 0 Å². The van der Waals surface area contributed by atoms with Crippen LogP contribution in [0.3, 0.4) is 0 Å². The Kier molecular flexibility index (Phi) is 3.56. The van der Waals surface area contributed by atoms with Crippen LogP contribution in [-0.2, 0) is 6.42 Å². The summed E-state index contributed by atoms with van der Waals surface area (Å²) in [7, 11) is 1.58. The van der Waals surface area contributed by atoms with Crippen molar-refractivity contribution in [1.29, 1.82) is 0 Å². The molecule has 0 radical (unpaired) electrons. The van der Waals surface area contributed by atoms with E-state index in [4.69, 9.17) is 14.2 Å². The van der Waals surface area contributed by atoms with E-state index in [1.54, 1.807) is 13.2 Å². The fraction of sp³-hybridized carbons (Fsp3) is 0.400. The first-order valence-electron chi connectivity index (χ1n) is 8.37. The second-order valence-corrected chi connectivity index (χ2v) is 6.85. The summed E-state index contributed by atoms with van der Waals surface area (Å²) in [6.07, 6.45) is 1.04. The zero-order chi connectivity index (χ0) is 16.8. The molecule has 1 N–H and O–H groups in total. The summed E-state index contributed by atoms with van der Waals surface area (Å²) in [5, 5.41) is 9.91. The van der Waals surface area contributed by atoms with Gasteiger partial charge < -0.3 is 19.3 Å². The second kappa shape index (κ2) is 5.62. The van der Waals surface area contributed by atoms with Crippen LogP contribution in [0, 0.1) is 11.8 Å². The van der Waals surface area contributed by atoms with Crippen LogP contribution in [0.15, 0.2) is 30.3 Å². The van der Waals surface area contributed by atoms with Gasteiger partial charge in [-0.15, -0.1) is 0 Å². The fourth-order valence-electron chi connectivity index (χ4n) is 3.98. The Morgan fingerprint density at radius 1 is 1.08 bits per heavy atom. The average Bonchev–Trinajstić information content (AvgIpc) is 3.02. The van der Waals surface area contributed by atoms with Gasteiger partial charge >= 0.3 is 0 Å². The van der Waals surface area contributed by atoms with E-state index in [0.717, 1.165) is 23.5 Å². The number of rotatable bonds is 2. The van der Waals surface area contributed by atoms with Gasteiger partial charge in [0.1, 0.15) is 0 Å². The highest BCUT2D eigenvalue weighted by atomic mass is 16.7. The molecule has 2 aromatic rings. The van der Waals surface area contributed by atoms with Crippen LogP contribution >= 0.6 is 0 Å². The van der Waals surface area contributed by atoms with Crippen molar-refractivity contribution in [3.8, 4) is 23.0 Å². The lowest BCUT2D eigenvalue weighted by molar-refractivity contribution is 0.174. The molecule has 4 nitrogen and oxygen atoms in total. The first-order chi connectivity index (χ1) is 11.6. The summed E-state index contributed by atoms with van der Waals surface area (Å²) in [6, 6.07) is 9.91. The molecule has 4 heteroatoms. The van der Waals surface area contributed by atoms with E-state index in [1.165, 1.54) is 11.1 Å². The van der Waals surface area contributed by atoms with Crippen LogP contribution in [0.1, 0.15) is 36.5 Å². The van der Waals surface area contributed by atoms with Gasteiger partial charge in [-0.2, -0.15) is 0 Å². The van der Waals surface area contributed by atoms with E-state index in [2.05, 4.69) is 26.0 Å². The minimum atomic E-state index is 0.170. The Hall–Kier alpha value is -2.36. The lowest BCUT2D eigenvalue weighted by Crippen LogP contribution is -2.26. The molecule has 0 fully saturated rings. The molecule has 0 saturated carbocycles. The maximum Gasteiger partial charge on any atom is 0.231 e. The molecule has 1 aliphatic heterocycles. The molecule has 4 rings (SSSR count). The van der Waals surface area contributed by atoms with Crippen molar-refractivity contribution >= 4 is 0 Å². The van der Waals surface area contributed by atoms with Gasteiger partial charge in [0, 0.05) is 5.92 Å². The standard InChI is InChI=1S/C20H22O4/c1-11-6-14-8-18-19(24-10-23-18)9-15(14)20(12(11)2)13-4-5-16(21)17(7-13)22-3/h4-5,7-9,11-12,20-21H,6,10H2,1-3H3/t11-,12-,20-/m0/s1. The highest BCUT2D eigenvalue weighted by Crippen LogP contribution is 2.48. The fourth-order valence-corrected chi connectivity index (χ4v) is 3.98. The van der Waals surface area contributed by atoms with Crippen LogP contribution in [0.2, 0.25) is 0 Å². The summed E-state index contributed by atoms with van der Waals surface area (Å²) in [5.41, 5.74) is 3.77. The Balaban J connectivity index is 1.86. The first kappa shape index (κ1) is 15.2. The summed E-state index contributed by atoms with van der Waals surface area (Å²) < 4.78 is 16.4. The van der Waals surface area contributed by atoms with E-state index in [-0.39, 0.29) is 11.7 Å². The van der Waals surface area contributed by atoms with Crippen LogP contribution in [0.4, 0.5) is 0 Å². The number of phenols is 1. The summed E-state index contributed by atoms with van der Waals surface area (Å²) in [5.74, 6) is 3.63. The third-order valence-electron chi connectivity index (χ3n) is 5.50. The molecule has 0 spiro atoms. The number of aromatic hydroxyl groups is 1. The number of fused-ring (bicyclic) bond motifs is 2. The maximum atomic E-state index is 9.91. The SMILES string of the molecule is COc1cc([C@H]2c3cc4c(cc3C[C@H](C)[C@@H]2C)OCO4)ccc1O. The van der Waals surface area contributed by atoms with Gasteiger partial charge in [-0.1, -0.05) is 19.9 Å². The largest absolute Gasteiger partial charge is 0.504 e. The molecule has 0 saturated heterocycles. The first-order valence-corrected chi connectivity index (χ1v) is 8.37. The van der Waals surface area contributed by atoms with Crippen LogP contribution in [-0.4, -0.2) is 19.0 Å². The minimum absolute atomic E-state index is 0.170. The smallest absolute Gasteiger partial charge is 0.231 e. The summed E-state index contributed by atoms with van der Waals surface area (Å²) >= 11 is 0. The molecular weight excluding hydrogens is 304 g/mol. The van der Waals surface area contributed by atoms with Gasteiger partial charge in [-0.25, -0.2) is 0 Å². The van der Waals surface area contributed by atoms with E-state index in [0.29, 0.717) is 24.4 Å². The zero-order valence-electron chi connectivity index (χ0n) is 14.2. The number of benzene rings is 2. The molecule has 1 heterocycles. The second-order valence-electron chi connectivity index (χ2n) is 6.85. The number of phenolic OH excluding ortho intramolecular Hbond substituents is 1. The number of methoxy groups -OCH3 is 1. The molecule has 2 aliphatic rings. The maximum absolute atomic E-state index is 9.91. The third-order valence-corrected chi connectivity index (χ3v) is 5.50. The van der Waals surface area contributed by atoms with Gasteiger partial charge in [0.25, 0.3) is 0 Å². The van der Waals surface area contributed by atoms with Crippen LogP contribution in [0.25, 0.3) is 0 Å². The summed E-state index contributed by atoms with van der Waals surface area (Å²) in [4.78, 5) is 0. The molecule has 2 aromatic carbocycles. The van der Waals surface area contributed by atoms with Crippen molar-refractivity contribution in [2.75, 3.05) is 13.9 Å². The van der Waals surface area contributed by atoms with Crippen molar-refractivity contribution in [3.05, 3.63) is 47.0 Å². The molecule has 0 bridgehead atoms. The number of hydrogen-bond donors (Lipinski definition) is 1. The summed E-state index contributed by atoms with van der Waals surface area (Å²) in [6.45, 7) is 4.88. The Morgan fingerprint density at radius 2 is 1.83 bits per heavy atom. The van der Waals surface area contributed by atoms with Crippen LogP contribution < -0.4 is 14.2 Å². The van der Waals surface area contributed by atoms with E-state index >= 15 is 0 Å². The van der Waals surface area contributed by atoms with Crippen molar-refractivity contribution in [2.45, 2.75) is 26.2 Å². The van der Waals surface area contributed by atoms with Gasteiger partial charge in [0.05, 0.1) is 7.11 Å². The quantitative estimate of drug-likeness (QED) is 0.903. The Morgan fingerprint density at radius 3 is 2.58 bits per heavy atom. The molecular formula is C20H22O4. The molecule has 3 atom stereocenters. The van der Waals surface area contributed by atoms with Crippen molar-refractivity contribution < 1.29 is 19.3 Å². The monoisotopic (exact) mass is 326 g/mol. The molecule has 0 unspecified atom stereocenters. The molecule has 1 aliphatic carbocycles. The lowest BCUT2D eigenvalue weighted by atomic mass is 9.68. The lowest BCUT2D eigenvalue weighted by Gasteiger charge is -2.36. The third kappa shape index (κ3) is 2.29. The number of hydrogen-bond acceptors (Lipinski definition) is 4. The van der Waals surface area contributed by atoms with E-state index < -0.39 is 0 Å². The molecule has 0 aromatic heterocycles. The molecule has 126 valence electrons. The molecule has 24 heavy (non-hydrogen) atoms. The van der Waals surface area contributed by atoms with Gasteiger partial charge in [-0.3, -0.25) is 0 Å². The van der Waals surface area contributed by atoms with Crippen molar-refractivity contribution in [2.24, 2.45) is 11.8 Å². The average molecular weight is 326 g/mol. The Bertz CT molecular complexity index is 783. The highest BCUT2D eigenvalue weighted by Gasteiger charge is 2.34. The van der Waals surface area contributed by atoms with Gasteiger partial charge in [0.2, 0.25) is 6.79 Å². The van der Waals surface area contributed by atoms with E-state index in [1.807, 2.05) is 12.1 Å². The van der Waals surface area contributed by atoms with Crippen molar-refractivity contribution in [1.82, 2.24) is 0 Å². The minimum Gasteiger partial charge on any atom is -0.504 e. The number of ether oxygens (including phenoxy) is 3. The normalized spacial score (nSPS) is 24.5. The Labute approximate surface area is 142 Å².